The van der Waals surface area contributed by atoms with Crippen molar-refractivity contribution >= 4 is 5.69 Å². The van der Waals surface area contributed by atoms with Crippen LogP contribution < -0.4 is 10.2 Å². The van der Waals surface area contributed by atoms with E-state index in [0.717, 1.165) is 25.2 Å². The Morgan fingerprint density at radius 3 is 2.56 bits per heavy atom. The van der Waals surface area contributed by atoms with Crippen molar-refractivity contribution in [2.75, 3.05) is 25.0 Å². The summed E-state index contributed by atoms with van der Waals surface area (Å²) in [5, 5.41) is 12.1. The second kappa shape index (κ2) is 7.73. The van der Waals surface area contributed by atoms with E-state index in [-0.39, 0.29) is 0 Å². The van der Waals surface area contributed by atoms with Crippen molar-refractivity contribution in [1.29, 1.82) is 5.26 Å². The number of rotatable bonds is 7. The summed E-state index contributed by atoms with van der Waals surface area (Å²) in [6.07, 6.45) is 1.71. The highest BCUT2D eigenvalue weighted by Crippen LogP contribution is 2.18. The van der Waals surface area contributed by atoms with Gasteiger partial charge in [0.2, 0.25) is 0 Å². The Labute approximate surface area is 110 Å². The molecule has 1 atom stereocenters. The van der Waals surface area contributed by atoms with Gasteiger partial charge >= 0.3 is 0 Å². The molecule has 0 spiro atoms. The minimum Gasteiger partial charge on any atom is -0.374 e. The highest BCUT2D eigenvalue weighted by atomic mass is 15.1. The summed E-state index contributed by atoms with van der Waals surface area (Å²) in [4.78, 5) is 2.11. The first kappa shape index (κ1) is 14.5. The van der Waals surface area contributed by atoms with Crippen LogP contribution in [-0.2, 0) is 0 Å². The monoisotopic (exact) mass is 245 g/mol. The van der Waals surface area contributed by atoms with Crippen LogP contribution in [0, 0.1) is 11.3 Å². The Hall–Kier alpha value is -1.53. The number of hydrogen-bond acceptors (Lipinski definition) is 3. The third-order valence-corrected chi connectivity index (χ3v) is 3.09. The molecule has 0 saturated carbocycles. The average molecular weight is 245 g/mol. The van der Waals surface area contributed by atoms with E-state index < -0.39 is 0 Å². The molecule has 0 bridgehead atoms. The predicted octanol–water partition coefficient (Wildman–Crippen LogP) is 3.10. The molecular weight excluding hydrogens is 222 g/mol. The maximum atomic E-state index is 8.58. The third kappa shape index (κ3) is 4.38. The van der Waals surface area contributed by atoms with Crippen LogP contribution in [0.4, 0.5) is 5.69 Å². The Kier molecular flexibility index (Phi) is 6.24. The maximum absolute atomic E-state index is 8.58. The van der Waals surface area contributed by atoms with E-state index in [1.807, 2.05) is 7.05 Å². The molecule has 0 aliphatic rings. The van der Waals surface area contributed by atoms with Crippen molar-refractivity contribution in [3.63, 3.8) is 0 Å². The number of anilines is 1. The molecule has 0 saturated heterocycles. The molecule has 1 N–H and O–H groups in total. The number of nitrogens with one attached hydrogen (secondary N) is 1. The number of nitriles is 1. The lowest BCUT2D eigenvalue weighted by molar-refractivity contribution is 0.571. The quantitative estimate of drug-likeness (QED) is 0.802. The number of nitrogens with zero attached hydrogens (tertiary/aromatic N) is 2. The van der Waals surface area contributed by atoms with Crippen LogP contribution in [0.3, 0.4) is 0 Å². The van der Waals surface area contributed by atoms with E-state index in [2.05, 4.69) is 54.4 Å². The normalized spacial score (nSPS) is 11.9. The van der Waals surface area contributed by atoms with Gasteiger partial charge in [-0.05, 0) is 37.6 Å². The van der Waals surface area contributed by atoms with E-state index in [4.69, 9.17) is 5.26 Å². The minimum absolute atomic E-state index is 0.392. The maximum Gasteiger partial charge on any atom is 0.0640 e. The van der Waals surface area contributed by atoms with Gasteiger partial charge in [0.15, 0.2) is 0 Å². The molecule has 0 heterocycles. The van der Waals surface area contributed by atoms with Crippen LogP contribution >= 0.6 is 0 Å². The van der Waals surface area contributed by atoms with Gasteiger partial charge in [0, 0.05) is 25.3 Å². The second-order valence-corrected chi connectivity index (χ2v) is 4.60. The molecule has 0 radical (unpaired) electrons. The lowest BCUT2D eigenvalue weighted by Crippen LogP contribution is -2.20. The van der Waals surface area contributed by atoms with Crippen molar-refractivity contribution in [3.05, 3.63) is 29.8 Å². The molecular formula is C15H23N3. The molecule has 1 aromatic carbocycles. The first-order chi connectivity index (χ1) is 8.69. The van der Waals surface area contributed by atoms with Crippen LogP contribution in [0.1, 0.15) is 38.3 Å². The zero-order valence-electron chi connectivity index (χ0n) is 11.6. The van der Waals surface area contributed by atoms with Crippen molar-refractivity contribution in [2.45, 2.75) is 32.7 Å². The Morgan fingerprint density at radius 1 is 1.33 bits per heavy atom. The fraction of sp³-hybridized carbons (Fsp3) is 0.533. The summed E-state index contributed by atoms with van der Waals surface area (Å²) in [5.74, 6) is 0. The molecule has 18 heavy (non-hydrogen) atoms. The summed E-state index contributed by atoms with van der Waals surface area (Å²) < 4.78 is 0. The molecule has 0 aliphatic carbocycles. The Bertz CT molecular complexity index is 378. The average Bonchev–Trinajstić information content (AvgIpc) is 2.42. The van der Waals surface area contributed by atoms with Gasteiger partial charge in [-0.3, -0.25) is 0 Å². The Balaban J connectivity index is 2.59. The zero-order valence-corrected chi connectivity index (χ0v) is 11.6. The number of hydrogen-bond donors (Lipinski definition) is 1. The molecule has 0 aromatic heterocycles. The molecule has 3 heteroatoms. The predicted molar refractivity (Wildman–Crippen MR) is 76.7 cm³/mol. The summed E-state index contributed by atoms with van der Waals surface area (Å²) in [5.41, 5.74) is 2.47. The van der Waals surface area contributed by atoms with Crippen LogP contribution in [0.25, 0.3) is 0 Å². The van der Waals surface area contributed by atoms with Crippen molar-refractivity contribution in [3.8, 4) is 6.07 Å². The lowest BCUT2D eigenvalue weighted by atomic mass is 10.1. The first-order valence-electron chi connectivity index (χ1n) is 6.60. The fourth-order valence-corrected chi connectivity index (χ4v) is 1.84. The van der Waals surface area contributed by atoms with Gasteiger partial charge in [0.1, 0.15) is 0 Å². The Morgan fingerprint density at radius 2 is 2.00 bits per heavy atom. The van der Waals surface area contributed by atoms with Crippen LogP contribution in [-0.4, -0.2) is 20.1 Å². The minimum atomic E-state index is 0.392. The largest absolute Gasteiger partial charge is 0.374 e. The SMILES string of the molecule is CCCNC(C)c1ccc(N(C)CCC#N)cc1. The fourth-order valence-electron chi connectivity index (χ4n) is 1.84. The van der Waals surface area contributed by atoms with Gasteiger partial charge in [-0.1, -0.05) is 19.1 Å². The molecule has 0 fully saturated rings. The van der Waals surface area contributed by atoms with E-state index in [1.165, 1.54) is 5.56 Å². The van der Waals surface area contributed by atoms with Crippen molar-refractivity contribution in [2.24, 2.45) is 0 Å². The van der Waals surface area contributed by atoms with Gasteiger partial charge in [-0.2, -0.15) is 5.26 Å². The highest BCUT2D eigenvalue weighted by molar-refractivity contribution is 5.47. The van der Waals surface area contributed by atoms with E-state index in [0.29, 0.717) is 12.5 Å². The van der Waals surface area contributed by atoms with Crippen molar-refractivity contribution in [1.82, 2.24) is 5.32 Å². The topological polar surface area (TPSA) is 39.1 Å². The zero-order chi connectivity index (χ0) is 13.4. The summed E-state index contributed by atoms with van der Waals surface area (Å²) >= 11 is 0. The van der Waals surface area contributed by atoms with Crippen molar-refractivity contribution < 1.29 is 0 Å². The van der Waals surface area contributed by atoms with Crippen LogP contribution in [0.15, 0.2) is 24.3 Å². The van der Waals surface area contributed by atoms with Gasteiger partial charge in [0.25, 0.3) is 0 Å². The molecule has 1 rings (SSSR count). The number of benzene rings is 1. The van der Waals surface area contributed by atoms with Crippen LogP contribution in [0.2, 0.25) is 0 Å². The first-order valence-corrected chi connectivity index (χ1v) is 6.60. The van der Waals surface area contributed by atoms with E-state index in [1.54, 1.807) is 0 Å². The second-order valence-electron chi connectivity index (χ2n) is 4.60. The third-order valence-electron chi connectivity index (χ3n) is 3.09. The molecule has 0 amide bonds. The van der Waals surface area contributed by atoms with E-state index in [9.17, 15) is 0 Å². The summed E-state index contributed by atoms with van der Waals surface area (Å²) in [6.45, 7) is 6.18. The summed E-state index contributed by atoms with van der Waals surface area (Å²) in [6, 6.07) is 11.1. The molecule has 1 unspecified atom stereocenters. The molecule has 98 valence electrons. The summed E-state index contributed by atoms with van der Waals surface area (Å²) in [7, 11) is 2.02. The van der Waals surface area contributed by atoms with Gasteiger partial charge in [-0.15, -0.1) is 0 Å². The standard InChI is InChI=1S/C15H23N3/c1-4-11-17-13(2)14-6-8-15(9-7-14)18(3)12-5-10-16/h6-9,13,17H,4-5,11-12H2,1-3H3. The smallest absolute Gasteiger partial charge is 0.0640 e. The molecule has 1 aromatic rings. The highest BCUT2D eigenvalue weighted by Gasteiger charge is 2.05. The lowest BCUT2D eigenvalue weighted by Gasteiger charge is -2.19. The molecule has 0 aliphatic heterocycles. The van der Waals surface area contributed by atoms with Gasteiger partial charge in [0.05, 0.1) is 12.5 Å². The van der Waals surface area contributed by atoms with Gasteiger partial charge < -0.3 is 10.2 Å². The van der Waals surface area contributed by atoms with Gasteiger partial charge in [-0.25, -0.2) is 0 Å². The van der Waals surface area contributed by atoms with Crippen LogP contribution in [0.5, 0.6) is 0 Å². The molecule has 3 nitrogen and oxygen atoms in total. The van der Waals surface area contributed by atoms with E-state index >= 15 is 0 Å².